The van der Waals surface area contributed by atoms with Gasteiger partial charge in [0.2, 0.25) is 6.41 Å². The summed E-state index contributed by atoms with van der Waals surface area (Å²) in [5, 5.41) is 0.593. The SMILES string of the molecule is CCOC(=O)/C=C/C1Cc2cc(-c3ccc(C)cc3)cc(Cl)c2O1.O=CN1CCCC1. The molecular formula is C25H28ClNO4. The number of hydrogen-bond acceptors (Lipinski definition) is 4. The molecule has 1 unspecified atom stereocenters. The molecule has 0 spiro atoms. The quantitative estimate of drug-likeness (QED) is 0.373. The van der Waals surface area contributed by atoms with Crippen molar-refractivity contribution in [1.29, 1.82) is 0 Å². The number of aryl methyl sites for hydroxylation is 1. The number of benzene rings is 2. The monoisotopic (exact) mass is 441 g/mol. The lowest BCUT2D eigenvalue weighted by Crippen LogP contribution is -2.15. The standard InChI is InChI=1S/C20H19ClO3.C5H9NO/c1-3-23-19(22)9-8-17-11-16-10-15(12-18(21)20(16)24-17)14-6-4-13(2)5-7-14;7-5-6-3-1-2-4-6/h4-10,12,17H,3,11H2,1-2H3;5H,1-4H2/b9-8+;. The average Bonchev–Trinajstić information content (AvgIpc) is 3.43. The van der Waals surface area contributed by atoms with Gasteiger partial charge >= 0.3 is 5.97 Å². The summed E-state index contributed by atoms with van der Waals surface area (Å²) in [6.45, 7) is 6.15. The van der Waals surface area contributed by atoms with E-state index in [1.54, 1.807) is 17.9 Å². The van der Waals surface area contributed by atoms with Crippen molar-refractivity contribution in [3.05, 3.63) is 64.7 Å². The molecule has 2 aliphatic heterocycles. The van der Waals surface area contributed by atoms with Crippen molar-refractivity contribution < 1.29 is 19.1 Å². The van der Waals surface area contributed by atoms with Crippen molar-refractivity contribution in [2.24, 2.45) is 0 Å². The zero-order valence-corrected chi connectivity index (χ0v) is 18.7. The van der Waals surface area contributed by atoms with E-state index in [0.29, 0.717) is 23.8 Å². The summed E-state index contributed by atoms with van der Waals surface area (Å²) in [5.41, 5.74) is 4.46. The second-order valence-corrected chi connectivity index (χ2v) is 8.04. The van der Waals surface area contributed by atoms with Crippen molar-refractivity contribution in [3.8, 4) is 16.9 Å². The van der Waals surface area contributed by atoms with Gasteiger partial charge in [0.15, 0.2) is 0 Å². The Morgan fingerprint density at radius 3 is 2.52 bits per heavy atom. The minimum absolute atomic E-state index is 0.199. The Labute approximate surface area is 188 Å². The van der Waals surface area contributed by atoms with E-state index in [1.165, 1.54) is 24.5 Å². The maximum atomic E-state index is 11.4. The summed E-state index contributed by atoms with van der Waals surface area (Å²) < 4.78 is 10.7. The molecule has 2 heterocycles. The van der Waals surface area contributed by atoms with Crippen LogP contribution in [0.25, 0.3) is 11.1 Å². The minimum atomic E-state index is -0.358. The third-order valence-corrected chi connectivity index (χ3v) is 5.50. The van der Waals surface area contributed by atoms with Crippen molar-refractivity contribution in [3.63, 3.8) is 0 Å². The van der Waals surface area contributed by atoms with Gasteiger partial charge in [-0.05, 0) is 56.0 Å². The van der Waals surface area contributed by atoms with E-state index in [-0.39, 0.29) is 12.1 Å². The number of nitrogens with zero attached hydrogens (tertiary/aromatic N) is 1. The summed E-state index contributed by atoms with van der Waals surface area (Å²) >= 11 is 6.39. The molecule has 1 amide bonds. The first-order chi connectivity index (χ1) is 15.0. The Balaban J connectivity index is 0.000000330. The predicted octanol–water partition coefficient (Wildman–Crippen LogP) is 4.98. The van der Waals surface area contributed by atoms with Crippen molar-refractivity contribution in [2.45, 2.75) is 39.2 Å². The van der Waals surface area contributed by atoms with Gasteiger partial charge in [0.25, 0.3) is 0 Å². The van der Waals surface area contributed by atoms with E-state index in [9.17, 15) is 9.59 Å². The number of fused-ring (bicyclic) bond motifs is 1. The molecule has 5 nitrogen and oxygen atoms in total. The van der Waals surface area contributed by atoms with Gasteiger partial charge in [0.1, 0.15) is 11.9 Å². The molecular weight excluding hydrogens is 414 g/mol. The molecule has 164 valence electrons. The highest BCUT2D eigenvalue weighted by atomic mass is 35.5. The van der Waals surface area contributed by atoms with Gasteiger partial charge in [-0.1, -0.05) is 41.4 Å². The molecule has 0 bridgehead atoms. The Kier molecular flexibility index (Phi) is 8.13. The molecule has 2 aromatic carbocycles. The van der Waals surface area contributed by atoms with Crippen LogP contribution in [0.15, 0.2) is 48.6 Å². The maximum Gasteiger partial charge on any atom is 0.330 e. The number of likely N-dealkylation sites (tertiary alicyclic amines) is 1. The first-order valence-electron chi connectivity index (χ1n) is 10.6. The molecule has 2 aromatic rings. The van der Waals surface area contributed by atoms with Crippen LogP contribution >= 0.6 is 11.6 Å². The number of hydrogen-bond donors (Lipinski definition) is 0. The van der Waals surface area contributed by atoms with Gasteiger partial charge in [-0.2, -0.15) is 0 Å². The van der Waals surface area contributed by atoms with Crippen LogP contribution in [0.3, 0.4) is 0 Å². The van der Waals surface area contributed by atoms with Gasteiger partial charge < -0.3 is 14.4 Å². The van der Waals surface area contributed by atoms with Crippen LogP contribution in [0.4, 0.5) is 0 Å². The smallest absolute Gasteiger partial charge is 0.330 e. The summed E-state index contributed by atoms with van der Waals surface area (Å²) in [5.74, 6) is 0.342. The van der Waals surface area contributed by atoms with E-state index in [2.05, 4.69) is 37.3 Å². The van der Waals surface area contributed by atoms with Gasteiger partial charge in [-0.25, -0.2) is 4.79 Å². The zero-order chi connectivity index (χ0) is 22.2. The van der Waals surface area contributed by atoms with Gasteiger partial charge in [0, 0.05) is 31.1 Å². The molecule has 0 aliphatic carbocycles. The lowest BCUT2D eigenvalue weighted by molar-refractivity contribution is -0.137. The van der Waals surface area contributed by atoms with Crippen molar-refractivity contribution in [1.82, 2.24) is 4.90 Å². The van der Waals surface area contributed by atoms with Crippen LogP contribution in [0, 0.1) is 6.92 Å². The van der Waals surface area contributed by atoms with E-state index in [4.69, 9.17) is 21.1 Å². The highest BCUT2D eigenvalue weighted by Crippen LogP contribution is 2.39. The normalized spacial score (nSPS) is 17.0. The first kappa shape index (κ1) is 22.9. The van der Waals surface area contributed by atoms with Gasteiger partial charge in [0.05, 0.1) is 11.6 Å². The lowest BCUT2D eigenvalue weighted by Gasteiger charge is -2.08. The number of rotatable bonds is 5. The highest BCUT2D eigenvalue weighted by Gasteiger charge is 2.24. The number of ether oxygens (including phenoxy) is 2. The molecule has 1 atom stereocenters. The Hall–Kier alpha value is -2.79. The topological polar surface area (TPSA) is 55.8 Å². The van der Waals surface area contributed by atoms with E-state index in [1.807, 2.05) is 6.07 Å². The van der Waals surface area contributed by atoms with Crippen LogP contribution < -0.4 is 4.74 Å². The molecule has 0 N–H and O–H groups in total. The zero-order valence-electron chi connectivity index (χ0n) is 18.0. The van der Waals surface area contributed by atoms with E-state index >= 15 is 0 Å². The fraction of sp³-hybridized carbons (Fsp3) is 0.360. The van der Waals surface area contributed by atoms with Gasteiger partial charge in [-0.15, -0.1) is 0 Å². The summed E-state index contributed by atoms with van der Waals surface area (Å²) in [4.78, 5) is 23.2. The van der Waals surface area contributed by atoms with E-state index in [0.717, 1.165) is 36.2 Å². The molecule has 1 fully saturated rings. The molecule has 31 heavy (non-hydrogen) atoms. The second kappa shape index (κ2) is 11.0. The van der Waals surface area contributed by atoms with Crippen LogP contribution in [0.2, 0.25) is 5.02 Å². The van der Waals surface area contributed by atoms with Gasteiger partial charge in [-0.3, -0.25) is 4.79 Å². The van der Waals surface area contributed by atoms with E-state index < -0.39 is 0 Å². The molecule has 6 heteroatoms. The number of carbonyl (C=O) groups is 2. The van der Waals surface area contributed by atoms with Crippen LogP contribution in [-0.2, 0) is 20.7 Å². The fourth-order valence-corrected chi connectivity index (χ4v) is 3.87. The minimum Gasteiger partial charge on any atom is -0.484 e. The Morgan fingerprint density at radius 2 is 1.90 bits per heavy atom. The number of carbonyl (C=O) groups excluding carboxylic acids is 2. The molecule has 0 radical (unpaired) electrons. The molecule has 1 saturated heterocycles. The number of amides is 1. The lowest BCUT2D eigenvalue weighted by atomic mass is 10.00. The number of esters is 1. The molecule has 0 saturated carbocycles. The molecule has 2 aliphatic rings. The Bertz CT molecular complexity index is 933. The van der Waals surface area contributed by atoms with Crippen LogP contribution in [-0.4, -0.2) is 43.1 Å². The highest BCUT2D eigenvalue weighted by molar-refractivity contribution is 6.32. The summed E-state index contributed by atoms with van der Waals surface area (Å²) in [7, 11) is 0. The number of halogens is 1. The van der Waals surface area contributed by atoms with Crippen molar-refractivity contribution in [2.75, 3.05) is 19.7 Å². The third-order valence-electron chi connectivity index (χ3n) is 5.22. The van der Waals surface area contributed by atoms with Crippen LogP contribution in [0.5, 0.6) is 5.75 Å². The average molecular weight is 442 g/mol. The van der Waals surface area contributed by atoms with Crippen LogP contribution in [0.1, 0.15) is 30.9 Å². The summed E-state index contributed by atoms with van der Waals surface area (Å²) in [6, 6.07) is 12.4. The molecule has 0 aromatic heterocycles. The predicted molar refractivity (Wildman–Crippen MR) is 122 cm³/mol. The second-order valence-electron chi connectivity index (χ2n) is 7.63. The van der Waals surface area contributed by atoms with Crippen molar-refractivity contribution >= 4 is 24.0 Å². The fourth-order valence-electron chi connectivity index (χ4n) is 3.59. The largest absolute Gasteiger partial charge is 0.484 e. The summed E-state index contributed by atoms with van der Waals surface area (Å²) in [6.07, 6.45) is 6.93. The third kappa shape index (κ3) is 6.34. The maximum absolute atomic E-state index is 11.4. The Morgan fingerprint density at radius 1 is 1.19 bits per heavy atom. The molecule has 4 rings (SSSR count). The first-order valence-corrected chi connectivity index (χ1v) is 11.0.